The summed E-state index contributed by atoms with van der Waals surface area (Å²) in [5.74, 6) is 0. The minimum absolute atomic E-state index is 0.667. The van der Waals surface area contributed by atoms with Crippen molar-refractivity contribution >= 4 is 0 Å². The van der Waals surface area contributed by atoms with Crippen LogP contribution in [0, 0.1) is 0 Å². The van der Waals surface area contributed by atoms with E-state index in [1.54, 1.807) is 0 Å². The van der Waals surface area contributed by atoms with Crippen molar-refractivity contribution in [2.24, 2.45) is 0 Å². The highest BCUT2D eigenvalue weighted by molar-refractivity contribution is 4.93. The molecule has 10 atom stereocenters. The first-order valence-electron chi connectivity index (χ1n) is 7.08. The van der Waals surface area contributed by atoms with Gasteiger partial charge in [0.05, 0.1) is 13.2 Å². The zero-order valence-electron chi connectivity index (χ0n) is 12.0. The van der Waals surface area contributed by atoms with Gasteiger partial charge in [0.1, 0.15) is 48.8 Å². The zero-order chi connectivity index (χ0) is 17.3. The lowest BCUT2D eigenvalue weighted by Gasteiger charge is -2.45. The third-order valence-corrected chi connectivity index (χ3v) is 3.98. The number of hydrogen-bond donors (Lipinski definition) is 8. The van der Waals surface area contributed by atoms with Crippen LogP contribution in [0.3, 0.4) is 0 Å². The van der Waals surface area contributed by atoms with Crippen molar-refractivity contribution in [2.75, 3.05) is 13.2 Å². The van der Waals surface area contributed by atoms with Crippen molar-refractivity contribution in [3.8, 4) is 0 Å². The average Bonchev–Trinajstić information content (AvgIpc) is 2.55. The summed E-state index contributed by atoms with van der Waals surface area (Å²) in [6.45, 7) is -1.35. The number of aliphatic hydroxyl groups excluding tert-OH is 8. The highest BCUT2D eigenvalue weighted by Gasteiger charge is 2.50. The third kappa shape index (κ3) is 3.65. The molecule has 0 aliphatic carbocycles. The molecule has 0 bridgehead atoms. The van der Waals surface area contributed by atoms with E-state index in [0.29, 0.717) is 0 Å². The van der Waals surface area contributed by atoms with Gasteiger partial charge < -0.3 is 55.1 Å². The molecule has 0 amide bonds. The first-order chi connectivity index (χ1) is 10.8. The standard InChI is InChI=1S/C12H22O11/c13-1-3-5(15)6(16)9(19)12(22-3)23-10-4(2-14)21-11(20)8(18)7(10)17/h3-20H,1-2H2/t3-,4-,5-,6+,7+,8-,9+,10+,11-,12+/m1/s1. The van der Waals surface area contributed by atoms with Crippen molar-refractivity contribution in [2.45, 2.75) is 61.4 Å². The maximum Gasteiger partial charge on any atom is 0.187 e. The van der Waals surface area contributed by atoms with Crippen LogP contribution in [-0.2, 0) is 14.2 Å². The predicted octanol–water partition coefficient (Wildman–Crippen LogP) is -5.40. The Morgan fingerprint density at radius 2 is 1.26 bits per heavy atom. The van der Waals surface area contributed by atoms with Gasteiger partial charge in [-0.15, -0.1) is 0 Å². The lowest BCUT2D eigenvalue weighted by atomic mass is 9.97. The molecule has 2 rings (SSSR count). The lowest BCUT2D eigenvalue weighted by molar-refractivity contribution is -0.355. The molecule has 11 heteroatoms. The molecule has 0 spiro atoms. The second-order valence-corrected chi connectivity index (χ2v) is 5.53. The minimum Gasteiger partial charge on any atom is -0.394 e. The molecule has 2 saturated heterocycles. The molecule has 0 unspecified atom stereocenters. The summed E-state index contributed by atoms with van der Waals surface area (Å²) in [5, 5.41) is 76.5. The van der Waals surface area contributed by atoms with Gasteiger partial charge in [0.15, 0.2) is 12.6 Å². The molecule has 0 aromatic heterocycles. The van der Waals surface area contributed by atoms with Crippen LogP contribution < -0.4 is 0 Å². The summed E-state index contributed by atoms with van der Waals surface area (Å²) in [6.07, 6.45) is -15.6. The van der Waals surface area contributed by atoms with E-state index in [0.717, 1.165) is 0 Å². The highest BCUT2D eigenvalue weighted by atomic mass is 16.7. The van der Waals surface area contributed by atoms with Crippen LogP contribution >= 0.6 is 0 Å². The maximum atomic E-state index is 9.94. The molecule has 0 saturated carbocycles. The van der Waals surface area contributed by atoms with Gasteiger partial charge in [0.2, 0.25) is 0 Å². The fraction of sp³-hybridized carbons (Fsp3) is 1.00. The largest absolute Gasteiger partial charge is 0.394 e. The average molecular weight is 342 g/mol. The molecular formula is C12H22O11. The van der Waals surface area contributed by atoms with Crippen LogP contribution in [0.25, 0.3) is 0 Å². The molecule has 11 nitrogen and oxygen atoms in total. The number of rotatable bonds is 4. The zero-order valence-corrected chi connectivity index (χ0v) is 12.0. The Hall–Kier alpha value is -0.440. The molecule has 0 aromatic rings. The van der Waals surface area contributed by atoms with Gasteiger partial charge >= 0.3 is 0 Å². The Kier molecular flexibility index (Phi) is 6.27. The van der Waals surface area contributed by atoms with Crippen LogP contribution in [0.2, 0.25) is 0 Å². The van der Waals surface area contributed by atoms with Gasteiger partial charge in [-0.05, 0) is 0 Å². The molecule has 136 valence electrons. The number of ether oxygens (including phenoxy) is 3. The van der Waals surface area contributed by atoms with E-state index < -0.39 is 74.6 Å². The number of hydrogen-bond acceptors (Lipinski definition) is 11. The van der Waals surface area contributed by atoms with Crippen LogP contribution in [0.4, 0.5) is 0 Å². The molecule has 2 fully saturated rings. The van der Waals surface area contributed by atoms with E-state index in [9.17, 15) is 35.7 Å². The first-order valence-corrected chi connectivity index (χ1v) is 7.08. The van der Waals surface area contributed by atoms with Crippen LogP contribution in [0.1, 0.15) is 0 Å². The summed E-state index contributed by atoms with van der Waals surface area (Å²) in [5.41, 5.74) is 0. The SMILES string of the molecule is OC[C@H]1O[C@@H](O[C@@H]2[C@@H](O)[C@@H](O)[C@H](O)O[C@@H]2CO)[C@@H](O)[C@@H](O)[C@@H]1O. The summed E-state index contributed by atoms with van der Waals surface area (Å²) in [7, 11) is 0. The van der Waals surface area contributed by atoms with Crippen molar-refractivity contribution in [1.29, 1.82) is 0 Å². The first kappa shape index (κ1) is 18.9. The van der Waals surface area contributed by atoms with Crippen molar-refractivity contribution in [3.05, 3.63) is 0 Å². The van der Waals surface area contributed by atoms with Crippen LogP contribution in [-0.4, -0.2) is 115 Å². The van der Waals surface area contributed by atoms with Gasteiger partial charge in [-0.1, -0.05) is 0 Å². The Balaban J connectivity index is 2.11. The Bertz CT molecular complexity index is 378. The van der Waals surface area contributed by atoms with E-state index in [-0.39, 0.29) is 0 Å². The predicted molar refractivity (Wildman–Crippen MR) is 68.6 cm³/mol. The van der Waals surface area contributed by atoms with Gasteiger partial charge in [-0.2, -0.15) is 0 Å². The normalized spacial score (nSPS) is 51.7. The smallest absolute Gasteiger partial charge is 0.187 e. The van der Waals surface area contributed by atoms with E-state index in [2.05, 4.69) is 0 Å². The fourth-order valence-corrected chi connectivity index (χ4v) is 2.57. The quantitative estimate of drug-likeness (QED) is 0.243. The summed E-state index contributed by atoms with van der Waals surface area (Å²) in [4.78, 5) is 0. The maximum absolute atomic E-state index is 9.94. The Morgan fingerprint density at radius 1 is 0.652 bits per heavy atom. The molecule has 0 radical (unpaired) electrons. The molecule has 23 heavy (non-hydrogen) atoms. The van der Waals surface area contributed by atoms with E-state index >= 15 is 0 Å². The highest BCUT2D eigenvalue weighted by Crippen LogP contribution is 2.28. The van der Waals surface area contributed by atoms with Crippen molar-refractivity contribution in [1.82, 2.24) is 0 Å². The van der Waals surface area contributed by atoms with Gasteiger partial charge in [-0.25, -0.2) is 0 Å². The summed E-state index contributed by atoms with van der Waals surface area (Å²) >= 11 is 0. The van der Waals surface area contributed by atoms with Crippen LogP contribution in [0.15, 0.2) is 0 Å². The van der Waals surface area contributed by atoms with Crippen molar-refractivity contribution in [3.63, 3.8) is 0 Å². The topological polar surface area (TPSA) is 190 Å². The van der Waals surface area contributed by atoms with E-state index in [1.165, 1.54) is 0 Å². The summed E-state index contributed by atoms with van der Waals surface area (Å²) < 4.78 is 15.3. The van der Waals surface area contributed by atoms with E-state index in [1.807, 2.05) is 0 Å². The lowest BCUT2D eigenvalue weighted by Crippen LogP contribution is -2.64. The van der Waals surface area contributed by atoms with Gasteiger partial charge in [0.25, 0.3) is 0 Å². The van der Waals surface area contributed by atoms with Crippen molar-refractivity contribution < 1.29 is 55.1 Å². The van der Waals surface area contributed by atoms with Gasteiger partial charge in [0, 0.05) is 0 Å². The van der Waals surface area contributed by atoms with E-state index in [4.69, 9.17) is 19.3 Å². The fourth-order valence-electron chi connectivity index (χ4n) is 2.57. The molecule has 8 N–H and O–H groups in total. The Morgan fingerprint density at radius 3 is 1.83 bits per heavy atom. The summed E-state index contributed by atoms with van der Waals surface area (Å²) in [6, 6.07) is 0. The van der Waals surface area contributed by atoms with Crippen LogP contribution in [0.5, 0.6) is 0 Å². The third-order valence-electron chi connectivity index (χ3n) is 3.98. The molecule has 2 aliphatic rings. The second kappa shape index (κ2) is 7.63. The second-order valence-electron chi connectivity index (χ2n) is 5.53. The molecule has 0 aromatic carbocycles. The number of aliphatic hydroxyl groups is 8. The monoisotopic (exact) mass is 342 g/mol. The Labute approximate surface area is 130 Å². The molecule has 2 heterocycles. The molecule has 2 aliphatic heterocycles. The minimum atomic E-state index is -1.74. The molecular weight excluding hydrogens is 320 g/mol. The van der Waals surface area contributed by atoms with Gasteiger partial charge in [-0.3, -0.25) is 0 Å².